The first-order valence-corrected chi connectivity index (χ1v) is 9.96. The van der Waals surface area contributed by atoms with Gasteiger partial charge in [0.1, 0.15) is 6.33 Å². The van der Waals surface area contributed by atoms with Crippen LogP contribution < -0.4 is 4.90 Å². The van der Waals surface area contributed by atoms with Gasteiger partial charge in [0.15, 0.2) is 5.78 Å². The van der Waals surface area contributed by atoms with Crippen molar-refractivity contribution in [2.24, 2.45) is 0 Å². The van der Waals surface area contributed by atoms with Gasteiger partial charge in [-0.15, -0.1) is 0 Å². The molecule has 1 amide bonds. The first-order valence-electron chi connectivity index (χ1n) is 9.96. The number of fused-ring (bicyclic) bond motifs is 1. The zero-order valence-corrected chi connectivity index (χ0v) is 16.5. The van der Waals surface area contributed by atoms with Crippen LogP contribution in [0.3, 0.4) is 0 Å². The minimum absolute atomic E-state index is 0.114. The first-order chi connectivity index (χ1) is 14.2. The highest BCUT2D eigenvalue weighted by Crippen LogP contribution is 2.32. The van der Waals surface area contributed by atoms with Crippen LogP contribution in [0.2, 0.25) is 0 Å². The molecule has 146 valence electrons. The Morgan fingerprint density at radius 1 is 1.00 bits per heavy atom. The van der Waals surface area contributed by atoms with Gasteiger partial charge in [0, 0.05) is 43.0 Å². The van der Waals surface area contributed by atoms with Gasteiger partial charge in [-0.1, -0.05) is 37.3 Å². The number of hydrogen-bond acceptors (Lipinski definition) is 4. The van der Waals surface area contributed by atoms with E-state index >= 15 is 0 Å². The summed E-state index contributed by atoms with van der Waals surface area (Å²) in [4.78, 5) is 34.4. The van der Waals surface area contributed by atoms with Crippen LogP contribution in [0.15, 0.2) is 61.2 Å². The summed E-state index contributed by atoms with van der Waals surface area (Å²) in [6, 6.07) is 14.0. The van der Waals surface area contributed by atoms with Crippen LogP contribution in [0.5, 0.6) is 0 Å². The number of Topliss-reactive ketones (excluding diaryl/α,β-unsaturated/α-hetero) is 1. The van der Waals surface area contributed by atoms with Crippen LogP contribution in [0, 0.1) is 0 Å². The second-order valence-corrected chi connectivity index (χ2v) is 7.24. The molecule has 0 radical (unpaired) electrons. The molecule has 2 heterocycles. The Hall–Kier alpha value is -3.34. The molecule has 5 nitrogen and oxygen atoms in total. The van der Waals surface area contributed by atoms with Gasteiger partial charge < -0.3 is 4.90 Å². The quantitative estimate of drug-likeness (QED) is 0.595. The molecule has 4 rings (SSSR count). The number of hydrogen-bond donors (Lipinski definition) is 0. The summed E-state index contributed by atoms with van der Waals surface area (Å²) in [6.45, 7) is 2.65. The van der Waals surface area contributed by atoms with Gasteiger partial charge in [0.2, 0.25) is 5.91 Å². The van der Waals surface area contributed by atoms with Crippen LogP contribution in [0.4, 0.5) is 5.69 Å². The molecule has 0 saturated carbocycles. The zero-order chi connectivity index (χ0) is 20.2. The third kappa shape index (κ3) is 4.09. The van der Waals surface area contributed by atoms with Crippen LogP contribution in [0.25, 0.3) is 11.1 Å². The minimum Gasteiger partial charge on any atom is -0.312 e. The van der Waals surface area contributed by atoms with E-state index in [4.69, 9.17) is 0 Å². The molecule has 1 aromatic heterocycles. The average Bonchev–Trinajstić information content (AvgIpc) is 3.21. The first kappa shape index (κ1) is 19.0. The van der Waals surface area contributed by atoms with E-state index in [1.54, 1.807) is 12.4 Å². The number of amides is 1. The van der Waals surface area contributed by atoms with Crippen molar-refractivity contribution in [1.29, 1.82) is 0 Å². The topological polar surface area (TPSA) is 63.2 Å². The predicted molar refractivity (Wildman–Crippen MR) is 113 cm³/mol. The molecule has 0 N–H and O–H groups in total. The molecule has 3 aromatic rings. The SMILES string of the molecule is CCC(=O)N1CCc2cc(-c3ccc(C(=O)CCc4cncnc4)cc3)ccc21. The average molecular weight is 385 g/mol. The van der Waals surface area contributed by atoms with Crippen LogP contribution in [-0.2, 0) is 17.6 Å². The molecule has 1 aliphatic heterocycles. The molecular formula is C24H23N3O2. The van der Waals surface area contributed by atoms with Gasteiger partial charge in [0.05, 0.1) is 0 Å². The summed E-state index contributed by atoms with van der Waals surface area (Å²) in [6.07, 6.45) is 7.45. The summed E-state index contributed by atoms with van der Waals surface area (Å²) in [5.74, 6) is 0.282. The third-order valence-electron chi connectivity index (χ3n) is 5.37. The van der Waals surface area contributed by atoms with E-state index in [1.807, 2.05) is 48.2 Å². The lowest BCUT2D eigenvalue weighted by molar-refractivity contribution is -0.118. The number of carbonyl (C=O) groups is 2. The molecule has 0 bridgehead atoms. The Labute approximate surface area is 170 Å². The monoisotopic (exact) mass is 385 g/mol. The van der Waals surface area contributed by atoms with Gasteiger partial charge in [-0.05, 0) is 47.2 Å². The Morgan fingerprint density at radius 2 is 1.72 bits per heavy atom. The van der Waals surface area contributed by atoms with E-state index in [0.717, 1.165) is 35.3 Å². The fourth-order valence-corrected chi connectivity index (χ4v) is 3.74. The Balaban J connectivity index is 1.45. The molecule has 0 spiro atoms. The standard InChI is InChI=1S/C24H23N3O2/c1-2-24(29)27-12-11-21-13-20(8-9-22(21)27)18-4-6-19(7-5-18)23(28)10-3-17-14-25-16-26-15-17/h4-9,13-16H,2-3,10-12H2,1H3. The molecular weight excluding hydrogens is 362 g/mol. The number of anilines is 1. The predicted octanol–water partition coefficient (Wildman–Crippen LogP) is 4.26. The van der Waals surface area contributed by atoms with Crippen molar-refractivity contribution in [3.8, 4) is 11.1 Å². The number of aromatic nitrogens is 2. The Morgan fingerprint density at radius 3 is 2.45 bits per heavy atom. The second-order valence-electron chi connectivity index (χ2n) is 7.24. The normalized spacial score (nSPS) is 12.7. The summed E-state index contributed by atoms with van der Waals surface area (Å²) < 4.78 is 0. The molecule has 2 aromatic carbocycles. The summed E-state index contributed by atoms with van der Waals surface area (Å²) in [5.41, 5.74) is 6.08. The van der Waals surface area contributed by atoms with Crippen molar-refractivity contribution in [3.63, 3.8) is 0 Å². The van der Waals surface area contributed by atoms with Crippen molar-refractivity contribution in [1.82, 2.24) is 9.97 Å². The van der Waals surface area contributed by atoms with E-state index in [9.17, 15) is 9.59 Å². The lowest BCUT2D eigenvalue weighted by Crippen LogP contribution is -2.27. The maximum Gasteiger partial charge on any atom is 0.226 e. The highest BCUT2D eigenvalue weighted by molar-refractivity contribution is 5.97. The molecule has 29 heavy (non-hydrogen) atoms. The molecule has 1 aliphatic rings. The van der Waals surface area contributed by atoms with Gasteiger partial charge >= 0.3 is 0 Å². The maximum atomic E-state index is 12.5. The Kier molecular flexibility index (Phi) is 5.47. The van der Waals surface area contributed by atoms with Gasteiger partial charge in [0.25, 0.3) is 0 Å². The summed E-state index contributed by atoms with van der Waals surface area (Å²) >= 11 is 0. The van der Waals surface area contributed by atoms with E-state index in [-0.39, 0.29) is 11.7 Å². The van der Waals surface area contributed by atoms with E-state index in [2.05, 4.69) is 16.0 Å². The van der Waals surface area contributed by atoms with Gasteiger partial charge in [-0.25, -0.2) is 9.97 Å². The Bertz CT molecular complexity index is 1030. The van der Waals surface area contributed by atoms with Crippen molar-refractivity contribution in [2.75, 3.05) is 11.4 Å². The summed E-state index contributed by atoms with van der Waals surface area (Å²) in [5, 5.41) is 0. The van der Waals surface area contributed by atoms with Crippen LogP contribution in [0.1, 0.15) is 41.3 Å². The van der Waals surface area contributed by atoms with Crippen molar-refractivity contribution >= 4 is 17.4 Å². The number of ketones is 1. The van der Waals surface area contributed by atoms with Crippen molar-refractivity contribution in [2.45, 2.75) is 32.6 Å². The summed E-state index contributed by atoms with van der Waals surface area (Å²) in [7, 11) is 0. The van der Waals surface area contributed by atoms with Crippen molar-refractivity contribution < 1.29 is 9.59 Å². The maximum absolute atomic E-state index is 12.5. The third-order valence-corrected chi connectivity index (χ3v) is 5.37. The molecule has 0 atom stereocenters. The fraction of sp³-hybridized carbons (Fsp3) is 0.250. The molecule has 0 fully saturated rings. The van der Waals surface area contributed by atoms with E-state index in [0.29, 0.717) is 24.8 Å². The molecule has 0 unspecified atom stereocenters. The van der Waals surface area contributed by atoms with E-state index in [1.165, 1.54) is 11.9 Å². The minimum atomic E-state index is 0.114. The lowest BCUT2D eigenvalue weighted by Gasteiger charge is -2.16. The van der Waals surface area contributed by atoms with Crippen molar-refractivity contribution in [3.05, 3.63) is 77.9 Å². The van der Waals surface area contributed by atoms with Crippen LogP contribution >= 0.6 is 0 Å². The highest BCUT2D eigenvalue weighted by Gasteiger charge is 2.23. The second kappa shape index (κ2) is 8.35. The number of nitrogens with zero attached hydrogens (tertiary/aromatic N) is 3. The number of benzene rings is 2. The largest absolute Gasteiger partial charge is 0.312 e. The molecule has 0 saturated heterocycles. The lowest BCUT2D eigenvalue weighted by atomic mass is 9.98. The van der Waals surface area contributed by atoms with Gasteiger partial charge in [-0.2, -0.15) is 0 Å². The number of carbonyl (C=O) groups excluding carboxylic acids is 2. The van der Waals surface area contributed by atoms with Gasteiger partial charge in [-0.3, -0.25) is 9.59 Å². The van der Waals surface area contributed by atoms with E-state index < -0.39 is 0 Å². The highest BCUT2D eigenvalue weighted by atomic mass is 16.2. The molecule has 0 aliphatic carbocycles. The zero-order valence-electron chi connectivity index (χ0n) is 16.5. The molecule has 5 heteroatoms. The smallest absolute Gasteiger partial charge is 0.226 e. The number of aryl methyl sites for hydroxylation is 1. The van der Waals surface area contributed by atoms with Crippen LogP contribution in [-0.4, -0.2) is 28.2 Å². The fourth-order valence-electron chi connectivity index (χ4n) is 3.74. The number of rotatable bonds is 6.